The lowest BCUT2D eigenvalue weighted by atomic mass is 10.2. The van der Waals surface area contributed by atoms with Crippen molar-refractivity contribution in [3.05, 3.63) is 51.7 Å². The van der Waals surface area contributed by atoms with Crippen molar-refractivity contribution in [1.82, 2.24) is 0 Å². The molecule has 0 spiro atoms. The Hall–Kier alpha value is -2.35. The predicted octanol–water partition coefficient (Wildman–Crippen LogP) is 9.07. The van der Waals surface area contributed by atoms with Crippen molar-refractivity contribution in [2.75, 3.05) is 25.7 Å². The van der Waals surface area contributed by atoms with Crippen LogP contribution in [-0.4, -0.2) is 60.3 Å². The minimum absolute atomic E-state index is 0.0838. The number of aliphatic imine (C=N–C) groups is 2. The number of carbonyl (C=O) groups is 2. The van der Waals surface area contributed by atoms with Crippen LogP contribution in [0, 0.1) is 11.3 Å². The molecule has 2 N–H and O–H groups in total. The molecular weight excluding hydrogens is 667 g/mol. The largest absolute Gasteiger partial charge is 0.512 e. The Labute approximate surface area is 277 Å². The number of carbonyl (C=O) groups excluding carboxylic acids is 2. The molecule has 0 aromatic heterocycles. The van der Waals surface area contributed by atoms with Crippen LogP contribution in [-0.2, 0) is 19.1 Å². The van der Waals surface area contributed by atoms with Crippen molar-refractivity contribution < 1.29 is 29.3 Å². The number of hydrogen-bond acceptors (Lipinski definition) is 15. The SMILES string of the molecule is CC#N.CCOC(=O)/C(C=Nc1cc2c(cc1N=C/C(C(=O)OCC)=C(/C)O)SC(=C1SC(SC)=C(SC)S1)S2)=C(\C)O. The topological polar surface area (TPSA) is 142 Å². The monoisotopic (exact) mass is 697 g/mol. The molecule has 9 nitrogen and oxygen atoms in total. The van der Waals surface area contributed by atoms with Gasteiger partial charge in [0.05, 0.1) is 47.6 Å². The molecule has 0 fully saturated rings. The number of fused-ring (bicyclic) bond motifs is 1. The molecule has 43 heavy (non-hydrogen) atoms. The number of aliphatic hydroxyl groups is 2. The summed E-state index contributed by atoms with van der Waals surface area (Å²) in [6, 6.07) is 5.45. The standard InChI is InChI=1S/C26H28N2O6S6.C2H3N/c1-7-33-21(31)15(13(3)29)11-27-17-9-19-20(10-18(17)28-12-16(14(4)30)22(32)34-8-2)38-25(37-19)26-39-23(35-5)24(36-6)40-26;1-2-3/h9-12,29-30H,7-8H2,1-6H3;1H3/b15-13+,16-14+,27-11?,28-12?;. The highest BCUT2D eigenvalue weighted by Crippen LogP contribution is 2.64. The maximum absolute atomic E-state index is 12.3. The normalized spacial score (nSPS) is 15.6. The number of nitriles is 1. The lowest BCUT2D eigenvalue weighted by Crippen LogP contribution is -2.10. The van der Waals surface area contributed by atoms with Crippen molar-refractivity contribution in [2.24, 2.45) is 9.98 Å². The zero-order valence-electron chi connectivity index (χ0n) is 24.5. The van der Waals surface area contributed by atoms with Crippen molar-refractivity contribution in [3.63, 3.8) is 0 Å². The average Bonchev–Trinajstić information content (AvgIpc) is 3.57. The fourth-order valence-electron chi connectivity index (χ4n) is 3.09. The first-order chi connectivity index (χ1) is 20.5. The van der Waals surface area contributed by atoms with Gasteiger partial charge in [-0.15, -0.1) is 23.5 Å². The van der Waals surface area contributed by atoms with Crippen LogP contribution in [0.2, 0.25) is 0 Å². The van der Waals surface area contributed by atoms with E-state index in [4.69, 9.17) is 14.7 Å². The summed E-state index contributed by atoms with van der Waals surface area (Å²) in [5.74, 6) is -1.86. The van der Waals surface area contributed by atoms with Crippen LogP contribution in [0.5, 0.6) is 0 Å². The second-order valence-corrected chi connectivity index (χ2v) is 14.7. The van der Waals surface area contributed by atoms with Gasteiger partial charge in [-0.3, -0.25) is 9.98 Å². The molecular formula is C28H31N3O6S6. The highest BCUT2D eigenvalue weighted by molar-refractivity contribution is 8.41. The highest BCUT2D eigenvalue weighted by atomic mass is 32.3. The van der Waals surface area contributed by atoms with E-state index in [-0.39, 0.29) is 35.9 Å². The molecule has 0 bridgehead atoms. The number of esters is 2. The number of allylic oxidation sites excluding steroid dienone is 2. The van der Waals surface area contributed by atoms with Crippen LogP contribution >= 0.6 is 70.6 Å². The van der Waals surface area contributed by atoms with Crippen LogP contribution in [0.15, 0.2) is 71.5 Å². The van der Waals surface area contributed by atoms with Gasteiger partial charge in [0.15, 0.2) is 0 Å². The Kier molecular flexibility index (Phi) is 15.8. The molecule has 0 atom stereocenters. The van der Waals surface area contributed by atoms with Gasteiger partial charge in [0.1, 0.15) is 22.7 Å². The Morgan fingerprint density at radius 3 is 1.49 bits per heavy atom. The van der Waals surface area contributed by atoms with Gasteiger partial charge < -0.3 is 19.7 Å². The molecule has 0 saturated carbocycles. The van der Waals surface area contributed by atoms with Crippen LogP contribution in [0.3, 0.4) is 0 Å². The van der Waals surface area contributed by atoms with E-state index >= 15 is 0 Å². The molecule has 230 valence electrons. The van der Waals surface area contributed by atoms with Gasteiger partial charge in [0.25, 0.3) is 0 Å². The van der Waals surface area contributed by atoms with E-state index in [2.05, 4.69) is 22.5 Å². The number of hydrogen-bond donors (Lipinski definition) is 2. The average molecular weight is 698 g/mol. The van der Waals surface area contributed by atoms with Gasteiger partial charge in [-0.05, 0) is 52.3 Å². The second-order valence-electron chi connectivity index (χ2n) is 7.93. The first-order valence-electron chi connectivity index (χ1n) is 12.5. The summed E-state index contributed by atoms with van der Waals surface area (Å²) in [6.07, 6.45) is 6.62. The van der Waals surface area contributed by atoms with E-state index in [1.54, 1.807) is 90.5 Å². The number of ether oxygens (including phenoxy) is 2. The van der Waals surface area contributed by atoms with E-state index in [1.807, 2.05) is 12.1 Å². The predicted molar refractivity (Wildman–Crippen MR) is 186 cm³/mol. The van der Waals surface area contributed by atoms with Gasteiger partial charge in [-0.1, -0.05) is 47.0 Å². The minimum Gasteiger partial charge on any atom is -0.512 e. The van der Waals surface area contributed by atoms with Crippen molar-refractivity contribution in [1.29, 1.82) is 5.26 Å². The first-order valence-corrected chi connectivity index (χ1v) is 18.2. The van der Waals surface area contributed by atoms with Gasteiger partial charge in [-0.2, -0.15) is 5.26 Å². The smallest absolute Gasteiger partial charge is 0.343 e. The molecule has 1 aromatic carbocycles. The van der Waals surface area contributed by atoms with Crippen LogP contribution in [0.4, 0.5) is 11.4 Å². The molecule has 0 saturated heterocycles. The Morgan fingerprint density at radius 1 is 0.837 bits per heavy atom. The number of aliphatic hydroxyl groups excluding tert-OH is 2. The summed E-state index contributed by atoms with van der Waals surface area (Å²) < 4.78 is 15.0. The maximum atomic E-state index is 12.3. The van der Waals surface area contributed by atoms with E-state index in [0.29, 0.717) is 11.4 Å². The van der Waals surface area contributed by atoms with Crippen molar-refractivity contribution in [2.45, 2.75) is 44.4 Å². The Balaban J connectivity index is 0.00000206. The van der Waals surface area contributed by atoms with Gasteiger partial charge in [0, 0.05) is 29.1 Å². The fraction of sp³-hybridized carbons (Fsp3) is 0.321. The molecule has 15 heteroatoms. The summed E-state index contributed by atoms with van der Waals surface area (Å²) in [4.78, 5) is 35.5. The third kappa shape index (κ3) is 10.4. The quantitative estimate of drug-likeness (QED) is 0.104. The van der Waals surface area contributed by atoms with E-state index in [1.165, 1.54) is 45.9 Å². The Morgan fingerprint density at radius 2 is 1.19 bits per heavy atom. The minimum atomic E-state index is -0.699. The summed E-state index contributed by atoms with van der Waals surface area (Å²) >= 11 is 10.3. The molecule has 2 aliphatic rings. The lowest BCUT2D eigenvalue weighted by molar-refractivity contribution is -0.139. The van der Waals surface area contributed by atoms with E-state index in [9.17, 15) is 19.8 Å². The second kappa shape index (κ2) is 18.5. The first kappa shape index (κ1) is 36.8. The summed E-state index contributed by atoms with van der Waals surface area (Å²) in [6.45, 7) is 7.82. The van der Waals surface area contributed by atoms with Gasteiger partial charge >= 0.3 is 11.9 Å². The third-order valence-electron chi connectivity index (χ3n) is 4.96. The molecule has 2 aliphatic heterocycles. The molecule has 3 rings (SSSR count). The maximum Gasteiger partial charge on any atom is 0.343 e. The van der Waals surface area contributed by atoms with E-state index in [0.717, 1.165) is 14.0 Å². The number of thioether (sulfide) groups is 6. The molecule has 0 amide bonds. The molecule has 0 unspecified atom stereocenters. The zero-order chi connectivity index (χ0) is 32.1. The number of benzene rings is 1. The third-order valence-corrected chi connectivity index (χ3v) is 13.2. The highest BCUT2D eigenvalue weighted by Gasteiger charge is 2.29. The number of nitrogens with zero attached hydrogens (tertiary/aromatic N) is 3. The van der Waals surface area contributed by atoms with Gasteiger partial charge in [-0.25, -0.2) is 9.59 Å². The van der Waals surface area contributed by atoms with Crippen LogP contribution < -0.4 is 0 Å². The molecule has 1 aromatic rings. The fourth-order valence-corrected chi connectivity index (χ4v) is 10.9. The summed E-state index contributed by atoms with van der Waals surface area (Å²) in [5, 5.41) is 27.4. The van der Waals surface area contributed by atoms with Crippen LogP contribution in [0.25, 0.3) is 0 Å². The van der Waals surface area contributed by atoms with Crippen molar-refractivity contribution in [3.8, 4) is 6.07 Å². The zero-order valence-corrected chi connectivity index (χ0v) is 29.4. The lowest BCUT2D eigenvalue weighted by Gasteiger charge is -2.07. The molecule has 0 aliphatic carbocycles. The number of rotatable bonds is 10. The van der Waals surface area contributed by atoms with Crippen molar-refractivity contribution >= 4 is 106 Å². The molecule has 2 heterocycles. The van der Waals surface area contributed by atoms with Crippen LogP contribution in [0.1, 0.15) is 34.6 Å². The Bertz CT molecular complexity index is 1370. The summed E-state index contributed by atoms with van der Waals surface area (Å²) in [5.41, 5.74) is 0.630. The van der Waals surface area contributed by atoms with E-state index < -0.39 is 11.9 Å². The summed E-state index contributed by atoms with van der Waals surface area (Å²) in [7, 11) is 0. The van der Waals surface area contributed by atoms with Gasteiger partial charge in [0.2, 0.25) is 0 Å². The molecule has 0 radical (unpaired) electrons.